The number of furan rings is 1. The zero-order chi connectivity index (χ0) is 22.9. The minimum absolute atomic E-state index is 0.0625. The molecule has 4 aromatic rings. The first-order chi connectivity index (χ1) is 16.0. The van der Waals surface area contributed by atoms with E-state index in [2.05, 4.69) is 4.98 Å². The standard InChI is InChI=1S/C26H23N3O4/c1-17-8-10-19(11-9-17)29-24(30)15-22(25(29)31)28(26(32)23-7-4-14-33-23)13-12-18-16-27-21-6-3-2-5-20(18)21/h2-11,14,16,22,27H,12-13,15H2,1H3. The van der Waals surface area contributed by atoms with Crippen molar-refractivity contribution in [3.8, 4) is 0 Å². The van der Waals surface area contributed by atoms with Gasteiger partial charge in [0.1, 0.15) is 6.04 Å². The van der Waals surface area contributed by atoms with Crippen LogP contribution in [0.3, 0.4) is 0 Å². The van der Waals surface area contributed by atoms with Crippen molar-refractivity contribution in [3.63, 3.8) is 0 Å². The Morgan fingerprint density at radius 2 is 1.88 bits per heavy atom. The van der Waals surface area contributed by atoms with Gasteiger partial charge in [-0.05, 0) is 49.2 Å². The van der Waals surface area contributed by atoms with Crippen LogP contribution in [0.2, 0.25) is 0 Å². The number of hydrogen-bond donors (Lipinski definition) is 1. The van der Waals surface area contributed by atoms with Crippen molar-refractivity contribution in [1.82, 2.24) is 9.88 Å². The minimum Gasteiger partial charge on any atom is -0.459 e. The van der Waals surface area contributed by atoms with Crippen molar-refractivity contribution in [1.29, 1.82) is 0 Å². The number of fused-ring (bicyclic) bond motifs is 1. The highest BCUT2D eigenvalue weighted by Gasteiger charge is 2.44. The van der Waals surface area contributed by atoms with Crippen LogP contribution in [0, 0.1) is 6.92 Å². The lowest BCUT2D eigenvalue weighted by molar-refractivity contribution is -0.122. The molecule has 1 aliphatic rings. The third kappa shape index (κ3) is 3.82. The molecular weight excluding hydrogens is 418 g/mol. The molecule has 2 aromatic heterocycles. The van der Waals surface area contributed by atoms with E-state index in [0.717, 1.165) is 22.0 Å². The number of nitrogens with one attached hydrogen (secondary N) is 1. The molecule has 1 N–H and O–H groups in total. The van der Waals surface area contributed by atoms with Crippen LogP contribution in [0.15, 0.2) is 77.5 Å². The molecule has 7 heteroatoms. The smallest absolute Gasteiger partial charge is 0.290 e. The summed E-state index contributed by atoms with van der Waals surface area (Å²) in [6.45, 7) is 2.21. The van der Waals surface area contributed by atoms with Crippen LogP contribution in [0.1, 0.15) is 28.1 Å². The molecule has 7 nitrogen and oxygen atoms in total. The van der Waals surface area contributed by atoms with Gasteiger partial charge < -0.3 is 14.3 Å². The van der Waals surface area contributed by atoms with Crippen LogP contribution in [0.4, 0.5) is 5.69 Å². The zero-order valence-corrected chi connectivity index (χ0v) is 18.2. The molecule has 33 heavy (non-hydrogen) atoms. The van der Waals surface area contributed by atoms with E-state index in [1.165, 1.54) is 16.1 Å². The number of para-hydroxylation sites is 1. The van der Waals surface area contributed by atoms with Gasteiger partial charge in [-0.3, -0.25) is 14.4 Å². The third-order valence-corrected chi connectivity index (χ3v) is 6.08. The first-order valence-corrected chi connectivity index (χ1v) is 10.9. The van der Waals surface area contributed by atoms with E-state index in [-0.39, 0.29) is 24.6 Å². The lowest BCUT2D eigenvalue weighted by Crippen LogP contribution is -2.46. The summed E-state index contributed by atoms with van der Waals surface area (Å²) in [5.41, 5.74) is 3.59. The number of H-pyrrole nitrogens is 1. The summed E-state index contributed by atoms with van der Waals surface area (Å²) in [6.07, 6.45) is 3.80. The third-order valence-electron chi connectivity index (χ3n) is 6.08. The van der Waals surface area contributed by atoms with Gasteiger partial charge in [0.05, 0.1) is 18.4 Å². The van der Waals surface area contributed by atoms with Gasteiger partial charge in [-0.25, -0.2) is 4.90 Å². The van der Waals surface area contributed by atoms with Crippen molar-refractivity contribution in [2.75, 3.05) is 11.4 Å². The second-order valence-electron chi connectivity index (χ2n) is 8.21. The summed E-state index contributed by atoms with van der Waals surface area (Å²) < 4.78 is 5.32. The van der Waals surface area contributed by atoms with Gasteiger partial charge in [0.2, 0.25) is 5.91 Å². The number of aryl methyl sites for hydroxylation is 1. The fourth-order valence-corrected chi connectivity index (χ4v) is 4.34. The topological polar surface area (TPSA) is 86.6 Å². The van der Waals surface area contributed by atoms with E-state index in [1.807, 2.05) is 49.5 Å². The molecule has 2 aromatic carbocycles. The van der Waals surface area contributed by atoms with Crippen LogP contribution in [-0.4, -0.2) is 40.2 Å². The molecule has 0 aliphatic carbocycles. The molecule has 166 valence electrons. The van der Waals surface area contributed by atoms with Crippen LogP contribution < -0.4 is 4.90 Å². The van der Waals surface area contributed by atoms with Crippen molar-refractivity contribution in [3.05, 3.63) is 90.0 Å². The second-order valence-corrected chi connectivity index (χ2v) is 8.21. The summed E-state index contributed by atoms with van der Waals surface area (Å²) in [4.78, 5) is 45.4. The average molecular weight is 441 g/mol. The number of nitrogens with zero attached hydrogens (tertiary/aromatic N) is 2. The van der Waals surface area contributed by atoms with Crippen LogP contribution >= 0.6 is 0 Å². The molecule has 0 saturated carbocycles. The summed E-state index contributed by atoms with van der Waals surface area (Å²) in [5.74, 6) is -0.986. The predicted octanol–water partition coefficient (Wildman–Crippen LogP) is 4.09. The van der Waals surface area contributed by atoms with Gasteiger partial charge in [-0.2, -0.15) is 0 Å². The largest absolute Gasteiger partial charge is 0.459 e. The van der Waals surface area contributed by atoms with Crippen molar-refractivity contribution in [2.24, 2.45) is 0 Å². The Balaban J connectivity index is 1.44. The fraction of sp³-hybridized carbons (Fsp3) is 0.192. The maximum absolute atomic E-state index is 13.4. The Hall–Kier alpha value is -4.13. The minimum atomic E-state index is -0.887. The predicted molar refractivity (Wildman–Crippen MR) is 124 cm³/mol. The van der Waals surface area contributed by atoms with E-state index < -0.39 is 17.9 Å². The highest BCUT2D eigenvalue weighted by atomic mass is 16.3. The first-order valence-electron chi connectivity index (χ1n) is 10.9. The van der Waals surface area contributed by atoms with E-state index in [4.69, 9.17) is 4.42 Å². The zero-order valence-electron chi connectivity index (χ0n) is 18.2. The number of carbonyl (C=O) groups excluding carboxylic acids is 3. The van der Waals surface area contributed by atoms with Crippen LogP contribution in [0.5, 0.6) is 0 Å². The van der Waals surface area contributed by atoms with Gasteiger partial charge in [-0.15, -0.1) is 0 Å². The molecule has 1 atom stereocenters. The monoisotopic (exact) mass is 441 g/mol. The summed E-state index contributed by atoms with van der Waals surface area (Å²) in [7, 11) is 0. The fourth-order valence-electron chi connectivity index (χ4n) is 4.34. The number of anilines is 1. The Labute approximate surface area is 190 Å². The normalized spacial score (nSPS) is 16.0. The maximum atomic E-state index is 13.4. The maximum Gasteiger partial charge on any atom is 0.290 e. The quantitative estimate of drug-likeness (QED) is 0.457. The molecular formula is C26H23N3O4. The Kier molecular flexibility index (Phi) is 5.30. The molecule has 1 fully saturated rings. The number of aromatic nitrogens is 1. The van der Waals surface area contributed by atoms with Gasteiger partial charge in [0.25, 0.3) is 11.8 Å². The van der Waals surface area contributed by atoms with Crippen LogP contribution in [-0.2, 0) is 16.0 Å². The molecule has 0 bridgehead atoms. The average Bonchev–Trinajstić information content (AvgIpc) is 3.55. The van der Waals surface area contributed by atoms with Crippen LogP contribution in [0.25, 0.3) is 10.9 Å². The molecule has 1 unspecified atom stereocenters. The number of aromatic amines is 1. The summed E-state index contributed by atoms with van der Waals surface area (Å²) in [5, 5.41) is 1.07. The van der Waals surface area contributed by atoms with Gasteiger partial charge >= 0.3 is 0 Å². The Morgan fingerprint density at radius 3 is 2.64 bits per heavy atom. The highest BCUT2D eigenvalue weighted by molar-refractivity contribution is 6.23. The van der Waals surface area contributed by atoms with Gasteiger partial charge in [0, 0.05) is 23.6 Å². The number of hydrogen-bond acceptors (Lipinski definition) is 4. The lowest BCUT2D eigenvalue weighted by atomic mass is 10.1. The highest BCUT2D eigenvalue weighted by Crippen LogP contribution is 2.28. The SMILES string of the molecule is Cc1ccc(N2C(=O)CC(N(CCc3c[nH]c4ccccc34)C(=O)c3ccco3)C2=O)cc1. The Morgan fingerprint density at radius 1 is 1.09 bits per heavy atom. The van der Waals surface area contributed by atoms with E-state index in [1.54, 1.807) is 24.3 Å². The van der Waals surface area contributed by atoms with Crippen molar-refractivity contribution in [2.45, 2.75) is 25.8 Å². The first kappa shape index (κ1) is 20.8. The number of carbonyl (C=O) groups is 3. The molecule has 1 saturated heterocycles. The van der Waals surface area contributed by atoms with Crippen molar-refractivity contribution >= 4 is 34.3 Å². The number of amides is 3. The van der Waals surface area contributed by atoms with E-state index in [9.17, 15) is 14.4 Å². The number of rotatable bonds is 6. The molecule has 0 radical (unpaired) electrons. The van der Waals surface area contributed by atoms with Gasteiger partial charge in [-0.1, -0.05) is 35.9 Å². The number of imide groups is 1. The molecule has 1 aliphatic heterocycles. The van der Waals surface area contributed by atoms with E-state index >= 15 is 0 Å². The number of benzene rings is 2. The lowest BCUT2D eigenvalue weighted by Gasteiger charge is -2.27. The summed E-state index contributed by atoms with van der Waals surface area (Å²) >= 11 is 0. The molecule has 5 rings (SSSR count). The second kappa shape index (κ2) is 8.43. The molecule has 0 spiro atoms. The summed E-state index contributed by atoms with van der Waals surface area (Å²) in [6, 6.07) is 17.4. The molecule has 3 heterocycles. The molecule has 3 amide bonds. The van der Waals surface area contributed by atoms with Gasteiger partial charge in [0.15, 0.2) is 5.76 Å². The Bertz CT molecular complexity index is 1320. The van der Waals surface area contributed by atoms with Crippen molar-refractivity contribution < 1.29 is 18.8 Å². The van der Waals surface area contributed by atoms with E-state index in [0.29, 0.717) is 12.1 Å².